The summed E-state index contributed by atoms with van der Waals surface area (Å²) in [5.41, 5.74) is 1.98. The zero-order chi connectivity index (χ0) is 29.9. The lowest BCUT2D eigenvalue weighted by molar-refractivity contribution is -0.192. The van der Waals surface area contributed by atoms with Crippen LogP contribution < -0.4 is 5.32 Å². The largest absolute Gasteiger partial charge is 0.490 e. The Morgan fingerprint density at radius 1 is 0.925 bits per heavy atom. The van der Waals surface area contributed by atoms with Crippen LogP contribution in [0.25, 0.3) is 0 Å². The fraction of sp³-hybridized carbons (Fsp3) is 0.679. The van der Waals surface area contributed by atoms with Crippen LogP contribution in [0.2, 0.25) is 0 Å². The highest BCUT2D eigenvalue weighted by Crippen LogP contribution is 2.22. The maximum Gasteiger partial charge on any atom is 0.490 e. The molecule has 0 saturated carbocycles. The molecule has 2 fully saturated rings. The normalized spacial score (nSPS) is 17.1. The number of halogens is 3. The molecule has 2 aliphatic heterocycles. The van der Waals surface area contributed by atoms with Gasteiger partial charge in [0.25, 0.3) is 5.91 Å². The number of hydrogen-bond donors (Lipinski definition) is 2. The van der Waals surface area contributed by atoms with Gasteiger partial charge in [-0.05, 0) is 43.1 Å². The molecule has 2 heterocycles. The topological polar surface area (TPSA) is 96.4 Å². The van der Waals surface area contributed by atoms with Crippen LogP contribution in [0.1, 0.15) is 49.5 Å². The van der Waals surface area contributed by atoms with Crippen LogP contribution in [-0.2, 0) is 15.0 Å². The molecule has 0 aromatic heterocycles. The minimum Gasteiger partial charge on any atom is -0.475 e. The first-order valence-corrected chi connectivity index (χ1v) is 13.8. The van der Waals surface area contributed by atoms with Crippen molar-refractivity contribution in [2.75, 3.05) is 79.0 Å². The third-order valence-corrected chi connectivity index (χ3v) is 7.09. The van der Waals surface area contributed by atoms with E-state index in [0.29, 0.717) is 25.1 Å². The molecule has 0 bridgehead atoms. The number of carboxylic acids is 1. The first kappa shape index (κ1) is 33.5. The third-order valence-electron chi connectivity index (χ3n) is 7.09. The molecule has 3 rings (SSSR count). The summed E-state index contributed by atoms with van der Waals surface area (Å²) in [5.74, 6) is -2.58. The molecule has 0 aliphatic carbocycles. The maximum absolute atomic E-state index is 13.4. The van der Waals surface area contributed by atoms with E-state index in [-0.39, 0.29) is 17.2 Å². The van der Waals surface area contributed by atoms with Gasteiger partial charge in [-0.15, -0.1) is 0 Å². The summed E-state index contributed by atoms with van der Waals surface area (Å²) in [6.45, 7) is 16.2. The molecule has 12 heteroatoms. The van der Waals surface area contributed by atoms with E-state index in [1.165, 1.54) is 5.56 Å². The van der Waals surface area contributed by atoms with E-state index in [9.17, 15) is 22.8 Å². The summed E-state index contributed by atoms with van der Waals surface area (Å²) in [7, 11) is 2.16. The van der Waals surface area contributed by atoms with E-state index in [1.807, 2.05) is 21.9 Å². The highest BCUT2D eigenvalue weighted by atomic mass is 19.4. The highest BCUT2D eigenvalue weighted by molar-refractivity contribution is 5.94. The van der Waals surface area contributed by atoms with Crippen molar-refractivity contribution < 1.29 is 32.7 Å². The molecule has 2 aliphatic rings. The third kappa shape index (κ3) is 11.4. The van der Waals surface area contributed by atoms with Crippen molar-refractivity contribution in [2.45, 2.75) is 45.2 Å². The number of hydrogen-bond acceptors (Lipinski definition) is 6. The number of benzene rings is 1. The van der Waals surface area contributed by atoms with Crippen LogP contribution in [0.4, 0.5) is 13.2 Å². The number of amides is 2. The highest BCUT2D eigenvalue weighted by Gasteiger charge is 2.38. The van der Waals surface area contributed by atoms with Crippen LogP contribution >= 0.6 is 0 Å². The van der Waals surface area contributed by atoms with Gasteiger partial charge >= 0.3 is 12.1 Å². The summed E-state index contributed by atoms with van der Waals surface area (Å²) in [5, 5.41) is 10.4. The van der Waals surface area contributed by atoms with E-state index in [2.05, 4.69) is 55.1 Å². The van der Waals surface area contributed by atoms with Crippen LogP contribution in [-0.4, -0.2) is 128 Å². The van der Waals surface area contributed by atoms with Crippen LogP contribution in [0.3, 0.4) is 0 Å². The Morgan fingerprint density at radius 2 is 1.48 bits per heavy atom. The molecule has 0 spiro atoms. The lowest BCUT2D eigenvalue weighted by Crippen LogP contribution is -2.47. The van der Waals surface area contributed by atoms with E-state index < -0.39 is 12.1 Å². The summed E-state index contributed by atoms with van der Waals surface area (Å²) in [6.07, 6.45) is -3.77. The molecule has 1 aromatic rings. The number of nitrogens with zero attached hydrogens (tertiary/aromatic N) is 4. The van der Waals surface area contributed by atoms with Gasteiger partial charge in [-0.3, -0.25) is 9.59 Å². The number of alkyl halides is 3. The maximum atomic E-state index is 13.4. The van der Waals surface area contributed by atoms with Crippen molar-refractivity contribution in [2.24, 2.45) is 0 Å². The number of carboxylic acid groups (broad SMARTS) is 1. The van der Waals surface area contributed by atoms with Gasteiger partial charge in [0.05, 0.1) is 0 Å². The smallest absolute Gasteiger partial charge is 0.475 e. The molecule has 2 amide bonds. The van der Waals surface area contributed by atoms with Crippen LogP contribution in [0.5, 0.6) is 0 Å². The Hall–Kier alpha value is -2.70. The van der Waals surface area contributed by atoms with Gasteiger partial charge in [0.2, 0.25) is 5.91 Å². The Kier molecular flexibility index (Phi) is 12.9. The predicted octanol–water partition coefficient (Wildman–Crippen LogP) is 2.52. The molecule has 0 radical (unpaired) electrons. The van der Waals surface area contributed by atoms with Gasteiger partial charge in [-0.2, -0.15) is 13.2 Å². The minimum absolute atomic E-state index is 0.0296. The lowest BCUT2D eigenvalue weighted by atomic mass is 9.86. The van der Waals surface area contributed by atoms with Gasteiger partial charge in [-0.1, -0.05) is 32.9 Å². The number of nitrogens with one attached hydrogen (secondary N) is 1. The summed E-state index contributed by atoms with van der Waals surface area (Å²) in [6, 6.07) is 7.99. The van der Waals surface area contributed by atoms with Gasteiger partial charge < -0.3 is 30.0 Å². The second-order valence-corrected chi connectivity index (χ2v) is 11.3. The molecule has 0 atom stereocenters. The number of piperazine rings is 2. The molecule has 2 N–H and O–H groups in total. The lowest BCUT2D eigenvalue weighted by Gasteiger charge is -2.33. The second-order valence-electron chi connectivity index (χ2n) is 11.3. The number of carbonyl (C=O) groups excluding carboxylic acids is 2. The Labute approximate surface area is 235 Å². The summed E-state index contributed by atoms with van der Waals surface area (Å²) < 4.78 is 31.7. The monoisotopic (exact) mass is 571 g/mol. The Bertz CT molecular complexity index is 952. The molecule has 0 unspecified atom stereocenters. The molecule has 226 valence electrons. The van der Waals surface area contributed by atoms with Crippen molar-refractivity contribution in [3.63, 3.8) is 0 Å². The minimum atomic E-state index is -5.08. The fourth-order valence-corrected chi connectivity index (χ4v) is 4.47. The van der Waals surface area contributed by atoms with E-state index >= 15 is 0 Å². The first-order valence-electron chi connectivity index (χ1n) is 13.8. The van der Waals surface area contributed by atoms with Crippen molar-refractivity contribution in [1.29, 1.82) is 0 Å². The number of aliphatic carboxylic acids is 1. The zero-order valence-corrected chi connectivity index (χ0v) is 24.1. The SMILES string of the molecule is CN1CCN(CCCN(CCC(=O)N2CCNCC2)C(=O)c2ccc(C(C)(C)C)cc2)CC1.O=C(O)C(F)(F)F. The van der Waals surface area contributed by atoms with Crippen molar-refractivity contribution in [1.82, 2.24) is 24.9 Å². The van der Waals surface area contributed by atoms with Crippen molar-refractivity contribution in [3.8, 4) is 0 Å². The van der Waals surface area contributed by atoms with E-state index in [4.69, 9.17) is 9.90 Å². The van der Waals surface area contributed by atoms with Crippen LogP contribution in [0.15, 0.2) is 24.3 Å². The fourth-order valence-electron chi connectivity index (χ4n) is 4.47. The van der Waals surface area contributed by atoms with Crippen LogP contribution in [0, 0.1) is 0 Å². The van der Waals surface area contributed by atoms with Gasteiger partial charge in [-0.25, -0.2) is 4.79 Å². The number of likely N-dealkylation sites (N-methyl/N-ethyl adjacent to an activating group) is 1. The van der Waals surface area contributed by atoms with Crippen molar-refractivity contribution in [3.05, 3.63) is 35.4 Å². The van der Waals surface area contributed by atoms with E-state index in [1.54, 1.807) is 0 Å². The molecule has 1 aromatic carbocycles. The summed E-state index contributed by atoms with van der Waals surface area (Å²) >= 11 is 0. The standard InChI is InChI=1S/C26H43N5O2.C2HF3O2/c1-26(2,3)23-8-6-22(7-9-23)25(33)31(14-5-13-29-20-18-28(4)19-21-29)15-10-24(32)30-16-11-27-12-17-30;3-2(4,5)1(6)7/h6-9,27H,5,10-21H2,1-4H3;(H,6,7). The quantitative estimate of drug-likeness (QED) is 0.495. The number of rotatable bonds is 8. The molecular formula is C28H44F3N5O4. The van der Waals surface area contributed by atoms with Gasteiger partial charge in [0.15, 0.2) is 0 Å². The second kappa shape index (κ2) is 15.3. The van der Waals surface area contributed by atoms with Gasteiger partial charge in [0, 0.05) is 77.4 Å². The average molecular weight is 572 g/mol. The van der Waals surface area contributed by atoms with E-state index in [0.717, 1.165) is 65.3 Å². The van der Waals surface area contributed by atoms with Crippen molar-refractivity contribution >= 4 is 17.8 Å². The zero-order valence-electron chi connectivity index (χ0n) is 24.1. The first-order chi connectivity index (χ1) is 18.7. The molecule has 40 heavy (non-hydrogen) atoms. The van der Waals surface area contributed by atoms with Gasteiger partial charge in [0.1, 0.15) is 0 Å². The molecular weight excluding hydrogens is 527 g/mol. The molecule has 9 nitrogen and oxygen atoms in total. The number of carbonyl (C=O) groups is 3. The predicted molar refractivity (Wildman–Crippen MR) is 147 cm³/mol. The average Bonchev–Trinajstić information content (AvgIpc) is 2.91. The molecule has 2 saturated heterocycles. The summed E-state index contributed by atoms with van der Waals surface area (Å²) in [4.78, 5) is 43.6. The Morgan fingerprint density at radius 3 is 1.98 bits per heavy atom. The Balaban J connectivity index is 0.000000708.